The van der Waals surface area contributed by atoms with Crippen molar-refractivity contribution in [2.75, 3.05) is 26.2 Å². The van der Waals surface area contributed by atoms with Crippen molar-refractivity contribution in [2.24, 2.45) is 7.05 Å². The molecule has 1 N–H and O–H groups in total. The number of hydrogen-bond acceptors (Lipinski definition) is 4. The number of hydrogen-bond donors (Lipinski definition) is 1. The average Bonchev–Trinajstić information content (AvgIpc) is 3.01. The molecule has 1 fully saturated rings. The Labute approximate surface area is 136 Å². The van der Waals surface area contributed by atoms with Crippen molar-refractivity contribution in [1.29, 1.82) is 0 Å². The number of rotatable bonds is 4. The van der Waals surface area contributed by atoms with E-state index in [4.69, 9.17) is 4.74 Å². The summed E-state index contributed by atoms with van der Waals surface area (Å²) in [6.07, 6.45) is 3.67. The van der Waals surface area contributed by atoms with E-state index in [-0.39, 0.29) is 11.9 Å². The second-order valence-electron chi connectivity index (χ2n) is 5.57. The van der Waals surface area contributed by atoms with E-state index in [0.29, 0.717) is 25.3 Å². The molecule has 2 heterocycles. The van der Waals surface area contributed by atoms with Gasteiger partial charge in [0.1, 0.15) is 17.6 Å². The summed E-state index contributed by atoms with van der Waals surface area (Å²) in [6, 6.07) is 7.28. The van der Waals surface area contributed by atoms with Crippen molar-refractivity contribution in [3.63, 3.8) is 0 Å². The number of aromatic nitrogens is 2. The van der Waals surface area contributed by atoms with E-state index in [1.807, 2.05) is 53.9 Å². The van der Waals surface area contributed by atoms with E-state index in [2.05, 4.69) is 10.3 Å². The van der Waals surface area contributed by atoms with Gasteiger partial charge >= 0.3 is 0 Å². The van der Waals surface area contributed by atoms with Crippen LogP contribution in [0.15, 0.2) is 36.7 Å². The summed E-state index contributed by atoms with van der Waals surface area (Å²) in [4.78, 5) is 19.2. The van der Waals surface area contributed by atoms with Gasteiger partial charge in [0.25, 0.3) is 5.91 Å². The van der Waals surface area contributed by atoms with Crippen LogP contribution >= 0.6 is 0 Å². The molecule has 1 aromatic heterocycles. The van der Waals surface area contributed by atoms with Crippen molar-refractivity contribution in [3.05, 3.63) is 48.0 Å². The van der Waals surface area contributed by atoms with Crippen LogP contribution in [-0.4, -0.2) is 46.6 Å². The van der Waals surface area contributed by atoms with Gasteiger partial charge in [-0.05, 0) is 31.2 Å². The molecule has 6 heteroatoms. The van der Waals surface area contributed by atoms with E-state index in [1.165, 1.54) is 0 Å². The topological polar surface area (TPSA) is 59.4 Å². The fraction of sp³-hybridized carbons (Fsp3) is 0.412. The maximum atomic E-state index is 12.9. The molecule has 1 aliphatic rings. The zero-order valence-electron chi connectivity index (χ0n) is 13.5. The number of piperazine rings is 1. The highest BCUT2D eigenvalue weighted by atomic mass is 16.5. The molecule has 1 amide bonds. The van der Waals surface area contributed by atoms with Gasteiger partial charge in [0.15, 0.2) is 0 Å². The molecule has 0 radical (unpaired) electrons. The van der Waals surface area contributed by atoms with Crippen molar-refractivity contribution < 1.29 is 9.53 Å². The molecule has 6 nitrogen and oxygen atoms in total. The monoisotopic (exact) mass is 314 g/mol. The molecule has 2 aromatic rings. The van der Waals surface area contributed by atoms with Crippen LogP contribution in [0.1, 0.15) is 29.1 Å². The molecule has 0 aliphatic carbocycles. The molecule has 1 unspecified atom stereocenters. The van der Waals surface area contributed by atoms with E-state index in [1.54, 1.807) is 6.20 Å². The molecule has 0 spiro atoms. The third-order valence-corrected chi connectivity index (χ3v) is 4.07. The average molecular weight is 314 g/mol. The smallest absolute Gasteiger partial charge is 0.254 e. The predicted octanol–water partition coefficient (Wildman–Crippen LogP) is 1.61. The van der Waals surface area contributed by atoms with Gasteiger partial charge < -0.3 is 19.5 Å². The van der Waals surface area contributed by atoms with E-state index in [9.17, 15) is 4.79 Å². The third kappa shape index (κ3) is 3.22. The molecular formula is C17H22N4O2. The Balaban J connectivity index is 1.82. The van der Waals surface area contributed by atoms with Crippen LogP contribution in [0.4, 0.5) is 0 Å². The Morgan fingerprint density at radius 1 is 1.39 bits per heavy atom. The highest BCUT2D eigenvalue weighted by molar-refractivity contribution is 5.94. The van der Waals surface area contributed by atoms with Crippen molar-refractivity contribution in [2.45, 2.75) is 13.0 Å². The van der Waals surface area contributed by atoms with Crippen LogP contribution in [0.2, 0.25) is 0 Å². The first-order valence-corrected chi connectivity index (χ1v) is 7.92. The second kappa shape index (κ2) is 6.83. The minimum absolute atomic E-state index is 0.0301. The zero-order valence-corrected chi connectivity index (χ0v) is 13.5. The number of benzene rings is 1. The zero-order chi connectivity index (χ0) is 16.2. The second-order valence-corrected chi connectivity index (χ2v) is 5.57. The first kappa shape index (κ1) is 15.6. The number of ether oxygens (including phenoxy) is 1. The van der Waals surface area contributed by atoms with Crippen LogP contribution < -0.4 is 10.1 Å². The molecule has 0 bridgehead atoms. The van der Waals surface area contributed by atoms with Crippen molar-refractivity contribution in [3.8, 4) is 5.75 Å². The number of aryl methyl sites for hydroxylation is 1. The number of imidazole rings is 1. The summed E-state index contributed by atoms with van der Waals surface area (Å²) < 4.78 is 7.40. The summed E-state index contributed by atoms with van der Waals surface area (Å²) in [5.74, 6) is 1.71. The molecule has 1 atom stereocenters. The summed E-state index contributed by atoms with van der Waals surface area (Å²) in [7, 11) is 1.95. The maximum absolute atomic E-state index is 12.9. The molecule has 1 aromatic carbocycles. The Morgan fingerprint density at radius 2 is 2.17 bits per heavy atom. The first-order valence-electron chi connectivity index (χ1n) is 7.92. The Kier molecular flexibility index (Phi) is 4.62. The first-order chi connectivity index (χ1) is 11.2. The lowest BCUT2D eigenvalue weighted by Crippen LogP contribution is -2.49. The van der Waals surface area contributed by atoms with Crippen LogP contribution in [0, 0.1) is 0 Å². The van der Waals surface area contributed by atoms with Crippen LogP contribution in [0.25, 0.3) is 0 Å². The Hall–Kier alpha value is -2.34. The summed E-state index contributed by atoms with van der Waals surface area (Å²) >= 11 is 0. The molecule has 0 saturated carbocycles. The molecule has 122 valence electrons. The van der Waals surface area contributed by atoms with Crippen LogP contribution in [0.3, 0.4) is 0 Å². The Bertz CT molecular complexity index is 665. The summed E-state index contributed by atoms with van der Waals surface area (Å²) in [5, 5.41) is 3.35. The highest BCUT2D eigenvalue weighted by Crippen LogP contribution is 2.23. The lowest BCUT2D eigenvalue weighted by Gasteiger charge is -2.35. The van der Waals surface area contributed by atoms with Gasteiger partial charge in [-0.3, -0.25) is 4.79 Å². The van der Waals surface area contributed by atoms with E-state index < -0.39 is 0 Å². The Morgan fingerprint density at radius 3 is 2.83 bits per heavy atom. The quantitative estimate of drug-likeness (QED) is 0.931. The minimum Gasteiger partial charge on any atom is -0.494 e. The van der Waals surface area contributed by atoms with E-state index >= 15 is 0 Å². The van der Waals surface area contributed by atoms with Crippen molar-refractivity contribution >= 4 is 5.91 Å². The molecule has 1 saturated heterocycles. The normalized spacial score (nSPS) is 18.0. The standard InChI is InChI=1S/C17H22N4O2/c1-3-23-14-6-4-13(5-7-14)17(22)21-11-8-18-12-15(21)16-19-9-10-20(16)2/h4-7,9-10,15,18H,3,8,11-12H2,1-2H3. The largest absolute Gasteiger partial charge is 0.494 e. The van der Waals surface area contributed by atoms with Gasteiger partial charge in [0, 0.05) is 44.6 Å². The van der Waals surface area contributed by atoms with Crippen molar-refractivity contribution in [1.82, 2.24) is 19.8 Å². The minimum atomic E-state index is -0.0529. The summed E-state index contributed by atoms with van der Waals surface area (Å²) in [5.41, 5.74) is 0.676. The van der Waals surface area contributed by atoms with Gasteiger partial charge in [-0.15, -0.1) is 0 Å². The number of nitrogens with one attached hydrogen (secondary N) is 1. The predicted molar refractivity (Wildman–Crippen MR) is 87.5 cm³/mol. The summed E-state index contributed by atoms with van der Waals surface area (Å²) in [6.45, 7) is 4.74. The van der Waals surface area contributed by atoms with Gasteiger partial charge in [0.05, 0.1) is 6.61 Å². The number of amides is 1. The van der Waals surface area contributed by atoms with Gasteiger partial charge in [0.2, 0.25) is 0 Å². The van der Waals surface area contributed by atoms with E-state index in [0.717, 1.165) is 18.1 Å². The molecular weight excluding hydrogens is 292 g/mol. The fourth-order valence-electron chi connectivity index (χ4n) is 2.90. The third-order valence-electron chi connectivity index (χ3n) is 4.07. The number of nitrogens with zero attached hydrogens (tertiary/aromatic N) is 3. The van der Waals surface area contributed by atoms with Gasteiger partial charge in [-0.1, -0.05) is 0 Å². The van der Waals surface area contributed by atoms with Crippen LogP contribution in [-0.2, 0) is 7.05 Å². The molecule has 23 heavy (non-hydrogen) atoms. The SMILES string of the molecule is CCOc1ccc(C(=O)N2CCNCC2c2nccn2C)cc1. The molecule has 1 aliphatic heterocycles. The van der Waals surface area contributed by atoms with Gasteiger partial charge in [-0.2, -0.15) is 0 Å². The highest BCUT2D eigenvalue weighted by Gasteiger charge is 2.30. The number of carbonyl (C=O) groups is 1. The van der Waals surface area contributed by atoms with Gasteiger partial charge in [-0.25, -0.2) is 4.98 Å². The molecule has 3 rings (SSSR count). The lowest BCUT2D eigenvalue weighted by atomic mass is 10.1. The lowest BCUT2D eigenvalue weighted by molar-refractivity contribution is 0.0621. The van der Waals surface area contributed by atoms with Crippen LogP contribution in [0.5, 0.6) is 5.75 Å². The fourth-order valence-corrected chi connectivity index (χ4v) is 2.90. The maximum Gasteiger partial charge on any atom is 0.254 e. The number of carbonyl (C=O) groups excluding carboxylic acids is 1.